The van der Waals surface area contributed by atoms with Crippen molar-refractivity contribution in [2.24, 2.45) is 0 Å². The Morgan fingerprint density at radius 1 is 1.25 bits per heavy atom. The van der Waals surface area contributed by atoms with Gasteiger partial charge in [-0.3, -0.25) is 0 Å². The Labute approximate surface area is 123 Å². The molecule has 1 aromatic rings. The van der Waals surface area contributed by atoms with Crippen LogP contribution in [0.3, 0.4) is 0 Å². The van der Waals surface area contributed by atoms with E-state index in [2.05, 4.69) is 48.3 Å². The maximum atomic E-state index is 3.88. The van der Waals surface area contributed by atoms with Crippen LogP contribution in [-0.4, -0.2) is 24.7 Å². The number of nitrogens with one attached hydrogen (secondary N) is 1. The van der Waals surface area contributed by atoms with Crippen molar-refractivity contribution in [1.29, 1.82) is 0 Å². The third kappa shape index (κ3) is 2.58. The zero-order valence-electron chi connectivity index (χ0n) is 13.0. The summed E-state index contributed by atoms with van der Waals surface area (Å²) < 4.78 is 0. The molecule has 1 N–H and O–H groups in total. The first kappa shape index (κ1) is 13.9. The standard InChI is InChI=1S/C18H28N2/c1-3-15-8-7-9-17(12-15)20-14-18(10-5-6-11-18)19-13-16(20)4-2/h7-9,12,16,19H,3-6,10-11,13-14H2,1-2H3. The molecule has 20 heavy (non-hydrogen) atoms. The summed E-state index contributed by atoms with van der Waals surface area (Å²) in [4.78, 5) is 2.68. The fraction of sp³-hybridized carbons (Fsp3) is 0.667. The van der Waals surface area contributed by atoms with E-state index in [9.17, 15) is 0 Å². The monoisotopic (exact) mass is 272 g/mol. The maximum Gasteiger partial charge on any atom is 0.0412 e. The summed E-state index contributed by atoms with van der Waals surface area (Å²) in [5.74, 6) is 0. The van der Waals surface area contributed by atoms with Crippen LogP contribution in [0.25, 0.3) is 0 Å². The SMILES string of the molecule is CCc1cccc(N2CC3(CCCC3)NCC2CC)c1. The molecule has 2 nitrogen and oxygen atoms in total. The maximum absolute atomic E-state index is 3.88. The van der Waals surface area contributed by atoms with Gasteiger partial charge in [-0.15, -0.1) is 0 Å². The van der Waals surface area contributed by atoms with Crippen LogP contribution in [0.5, 0.6) is 0 Å². The average Bonchev–Trinajstić information content (AvgIpc) is 2.95. The number of hydrogen-bond donors (Lipinski definition) is 1. The van der Waals surface area contributed by atoms with E-state index in [1.165, 1.54) is 49.9 Å². The largest absolute Gasteiger partial charge is 0.365 e. The first-order chi connectivity index (χ1) is 9.76. The Balaban J connectivity index is 1.86. The minimum atomic E-state index is 0.397. The third-order valence-electron chi connectivity index (χ3n) is 5.31. The number of nitrogens with zero attached hydrogens (tertiary/aromatic N) is 1. The van der Waals surface area contributed by atoms with Crippen LogP contribution in [0.15, 0.2) is 24.3 Å². The number of rotatable bonds is 3. The van der Waals surface area contributed by atoms with Crippen LogP contribution in [0.2, 0.25) is 0 Å². The number of benzene rings is 1. The van der Waals surface area contributed by atoms with Gasteiger partial charge >= 0.3 is 0 Å². The lowest BCUT2D eigenvalue weighted by molar-refractivity contribution is 0.267. The van der Waals surface area contributed by atoms with Gasteiger partial charge in [0.2, 0.25) is 0 Å². The van der Waals surface area contributed by atoms with Crippen LogP contribution in [0.1, 0.15) is 51.5 Å². The molecule has 1 aliphatic carbocycles. The van der Waals surface area contributed by atoms with Gasteiger partial charge in [-0.2, -0.15) is 0 Å². The lowest BCUT2D eigenvalue weighted by atomic mass is 9.91. The molecule has 1 saturated carbocycles. The molecule has 3 rings (SSSR count). The Morgan fingerprint density at radius 2 is 2.05 bits per heavy atom. The quantitative estimate of drug-likeness (QED) is 0.901. The van der Waals surface area contributed by atoms with Gasteiger partial charge in [0, 0.05) is 30.4 Å². The second-order valence-electron chi connectivity index (χ2n) is 6.58. The Kier molecular flexibility index (Phi) is 4.02. The van der Waals surface area contributed by atoms with E-state index in [0.29, 0.717) is 11.6 Å². The van der Waals surface area contributed by atoms with Gasteiger partial charge in [0.1, 0.15) is 0 Å². The highest BCUT2D eigenvalue weighted by Crippen LogP contribution is 2.35. The van der Waals surface area contributed by atoms with E-state index in [-0.39, 0.29) is 0 Å². The lowest BCUT2D eigenvalue weighted by Crippen LogP contribution is -2.63. The average molecular weight is 272 g/mol. The third-order valence-corrected chi connectivity index (χ3v) is 5.31. The molecule has 1 aromatic carbocycles. The van der Waals surface area contributed by atoms with Crippen molar-refractivity contribution in [1.82, 2.24) is 5.32 Å². The van der Waals surface area contributed by atoms with Crippen molar-refractivity contribution in [3.8, 4) is 0 Å². The fourth-order valence-electron chi connectivity index (χ4n) is 3.96. The molecule has 2 fully saturated rings. The minimum Gasteiger partial charge on any atom is -0.365 e. The molecule has 0 bridgehead atoms. The van der Waals surface area contributed by atoms with Gasteiger partial charge in [0.15, 0.2) is 0 Å². The Morgan fingerprint density at radius 3 is 2.75 bits per heavy atom. The second kappa shape index (κ2) is 5.77. The Bertz CT molecular complexity index is 448. The normalized spacial score (nSPS) is 25.3. The Hall–Kier alpha value is -1.02. The summed E-state index contributed by atoms with van der Waals surface area (Å²) in [5, 5.41) is 3.88. The molecule has 0 amide bonds. The fourth-order valence-corrected chi connectivity index (χ4v) is 3.96. The summed E-state index contributed by atoms with van der Waals surface area (Å²) in [6, 6.07) is 9.82. The number of anilines is 1. The van der Waals surface area contributed by atoms with Crippen molar-refractivity contribution in [3.63, 3.8) is 0 Å². The van der Waals surface area contributed by atoms with E-state index < -0.39 is 0 Å². The topological polar surface area (TPSA) is 15.3 Å². The zero-order valence-corrected chi connectivity index (χ0v) is 13.0. The van der Waals surface area contributed by atoms with E-state index in [4.69, 9.17) is 0 Å². The molecule has 0 aromatic heterocycles. The lowest BCUT2D eigenvalue weighted by Gasteiger charge is -2.47. The zero-order chi connectivity index (χ0) is 14.0. The van der Waals surface area contributed by atoms with Gasteiger partial charge in [-0.05, 0) is 43.4 Å². The molecule has 1 atom stereocenters. The number of piperazine rings is 1. The van der Waals surface area contributed by atoms with E-state index >= 15 is 0 Å². The van der Waals surface area contributed by atoms with Gasteiger partial charge in [0.05, 0.1) is 0 Å². The van der Waals surface area contributed by atoms with Crippen LogP contribution in [0, 0.1) is 0 Å². The van der Waals surface area contributed by atoms with Gasteiger partial charge in [-0.1, -0.05) is 38.8 Å². The molecule has 110 valence electrons. The molecule has 2 heteroatoms. The molecule has 1 unspecified atom stereocenters. The number of aryl methyl sites for hydroxylation is 1. The summed E-state index contributed by atoms with van der Waals surface area (Å²) >= 11 is 0. The van der Waals surface area contributed by atoms with Crippen LogP contribution >= 0.6 is 0 Å². The predicted molar refractivity (Wildman–Crippen MR) is 86.4 cm³/mol. The molecular formula is C18H28N2. The highest BCUT2D eigenvalue weighted by Gasteiger charge is 2.40. The van der Waals surface area contributed by atoms with Crippen molar-refractivity contribution >= 4 is 5.69 Å². The summed E-state index contributed by atoms with van der Waals surface area (Å²) in [6.45, 7) is 6.90. The van der Waals surface area contributed by atoms with Crippen molar-refractivity contribution in [2.75, 3.05) is 18.0 Å². The summed E-state index contributed by atoms with van der Waals surface area (Å²) in [7, 11) is 0. The number of hydrogen-bond acceptors (Lipinski definition) is 2. The van der Waals surface area contributed by atoms with Crippen LogP contribution < -0.4 is 10.2 Å². The van der Waals surface area contributed by atoms with Crippen molar-refractivity contribution < 1.29 is 0 Å². The first-order valence-electron chi connectivity index (χ1n) is 8.37. The minimum absolute atomic E-state index is 0.397. The summed E-state index contributed by atoms with van der Waals surface area (Å²) in [5.41, 5.74) is 3.29. The van der Waals surface area contributed by atoms with Gasteiger partial charge < -0.3 is 10.2 Å². The summed E-state index contributed by atoms with van der Waals surface area (Å²) in [6.07, 6.45) is 7.85. The van der Waals surface area contributed by atoms with Gasteiger partial charge in [-0.25, -0.2) is 0 Å². The molecular weight excluding hydrogens is 244 g/mol. The molecule has 1 heterocycles. The highest BCUT2D eigenvalue weighted by atomic mass is 15.3. The molecule has 1 saturated heterocycles. The van der Waals surface area contributed by atoms with Crippen LogP contribution in [0.4, 0.5) is 5.69 Å². The molecule has 2 aliphatic rings. The predicted octanol–water partition coefficient (Wildman–Crippen LogP) is 3.75. The van der Waals surface area contributed by atoms with Crippen molar-refractivity contribution in [2.45, 2.75) is 64.0 Å². The van der Waals surface area contributed by atoms with Crippen LogP contribution in [-0.2, 0) is 6.42 Å². The van der Waals surface area contributed by atoms with Crippen molar-refractivity contribution in [3.05, 3.63) is 29.8 Å². The van der Waals surface area contributed by atoms with E-state index in [0.717, 1.165) is 13.0 Å². The highest BCUT2D eigenvalue weighted by molar-refractivity contribution is 5.51. The smallest absolute Gasteiger partial charge is 0.0412 e. The van der Waals surface area contributed by atoms with E-state index in [1.807, 2.05) is 0 Å². The molecule has 1 aliphatic heterocycles. The van der Waals surface area contributed by atoms with Gasteiger partial charge in [0.25, 0.3) is 0 Å². The van der Waals surface area contributed by atoms with E-state index in [1.54, 1.807) is 0 Å². The first-order valence-corrected chi connectivity index (χ1v) is 8.37. The molecule has 1 spiro atoms. The molecule has 0 radical (unpaired) electrons. The second-order valence-corrected chi connectivity index (χ2v) is 6.58.